The minimum Gasteiger partial charge on any atom is -0.481 e. The lowest BCUT2D eigenvalue weighted by Crippen LogP contribution is -2.55. The van der Waals surface area contributed by atoms with Gasteiger partial charge >= 0.3 is 12.1 Å². The smallest absolute Gasteiger partial charge is 0.407 e. The predicted molar refractivity (Wildman–Crippen MR) is 104 cm³/mol. The minimum absolute atomic E-state index is 0.161. The van der Waals surface area contributed by atoms with E-state index in [2.05, 4.69) is 11.0 Å². The quantitative estimate of drug-likeness (QED) is 0.781. The molecule has 0 unspecified atom stereocenters. The Morgan fingerprint density at radius 2 is 1.72 bits per heavy atom. The summed E-state index contributed by atoms with van der Waals surface area (Å²) in [6.45, 7) is 4.13. The van der Waals surface area contributed by atoms with Crippen molar-refractivity contribution in [3.8, 4) is 6.07 Å². The summed E-state index contributed by atoms with van der Waals surface area (Å²) in [5, 5.41) is 27.6. The van der Waals surface area contributed by atoms with Crippen LogP contribution in [0, 0.1) is 30.1 Å². The molecule has 0 aliphatic carbocycles. The second-order valence-electron chi connectivity index (χ2n) is 7.49. The lowest BCUT2D eigenvalue weighted by molar-refractivity contribution is -0.153. The van der Waals surface area contributed by atoms with Crippen LogP contribution in [0.2, 0.25) is 0 Å². The average Bonchev–Trinajstić information content (AvgIpc) is 2.72. The van der Waals surface area contributed by atoms with Gasteiger partial charge in [0, 0.05) is 45.0 Å². The topological polar surface area (TPSA) is 125 Å². The van der Waals surface area contributed by atoms with Crippen molar-refractivity contribution in [3.63, 3.8) is 0 Å². The molecule has 2 N–H and O–H groups in total. The molecule has 0 bridgehead atoms. The molecular weight excluding hydrogens is 376 g/mol. The molecule has 1 aromatic rings. The third kappa shape index (κ3) is 4.26. The van der Waals surface area contributed by atoms with Crippen LogP contribution in [0.15, 0.2) is 18.2 Å². The number of piperidine rings is 1. The van der Waals surface area contributed by atoms with Gasteiger partial charge < -0.3 is 24.9 Å². The second-order valence-corrected chi connectivity index (χ2v) is 7.49. The van der Waals surface area contributed by atoms with E-state index in [4.69, 9.17) is 10.4 Å². The number of likely N-dealkylation sites (tertiary alicyclic amines) is 1. The molecule has 0 radical (unpaired) electrons. The van der Waals surface area contributed by atoms with Crippen LogP contribution in [-0.2, 0) is 9.59 Å². The van der Waals surface area contributed by atoms with Gasteiger partial charge in [-0.3, -0.25) is 9.59 Å². The molecular formula is C20H24N4O5. The van der Waals surface area contributed by atoms with E-state index in [1.165, 1.54) is 0 Å². The molecule has 1 aromatic carbocycles. The van der Waals surface area contributed by atoms with Gasteiger partial charge in [0.15, 0.2) is 0 Å². The van der Waals surface area contributed by atoms with Gasteiger partial charge in [-0.1, -0.05) is 0 Å². The molecule has 9 nitrogen and oxygen atoms in total. The summed E-state index contributed by atoms with van der Waals surface area (Å²) in [4.78, 5) is 40.7. The average molecular weight is 400 g/mol. The van der Waals surface area contributed by atoms with Crippen LogP contribution < -0.4 is 4.90 Å². The summed E-state index contributed by atoms with van der Waals surface area (Å²) < 4.78 is 0. The number of carboxylic acids is 1. The largest absolute Gasteiger partial charge is 0.481 e. The van der Waals surface area contributed by atoms with Crippen molar-refractivity contribution >= 4 is 23.7 Å². The number of benzene rings is 1. The molecule has 2 amide bonds. The van der Waals surface area contributed by atoms with Crippen LogP contribution in [0.3, 0.4) is 0 Å². The van der Waals surface area contributed by atoms with Crippen LogP contribution >= 0.6 is 0 Å². The van der Waals surface area contributed by atoms with Gasteiger partial charge in [-0.25, -0.2) is 4.79 Å². The molecule has 154 valence electrons. The lowest BCUT2D eigenvalue weighted by atomic mass is 9.84. The van der Waals surface area contributed by atoms with E-state index in [9.17, 15) is 19.5 Å². The second kappa shape index (κ2) is 8.39. The zero-order valence-electron chi connectivity index (χ0n) is 16.2. The van der Waals surface area contributed by atoms with Crippen molar-refractivity contribution in [2.45, 2.75) is 13.3 Å². The number of hydrogen-bond acceptors (Lipinski definition) is 5. The molecule has 0 saturated carbocycles. The number of nitrogens with zero attached hydrogens (tertiary/aromatic N) is 4. The summed E-state index contributed by atoms with van der Waals surface area (Å²) in [5.74, 6) is -3.07. The van der Waals surface area contributed by atoms with Crippen molar-refractivity contribution in [2.75, 3.05) is 44.2 Å². The first kappa shape index (κ1) is 20.5. The Hall–Kier alpha value is -3.28. The third-order valence-corrected chi connectivity index (χ3v) is 5.78. The van der Waals surface area contributed by atoms with E-state index in [-0.39, 0.29) is 25.4 Å². The van der Waals surface area contributed by atoms with Gasteiger partial charge in [0.1, 0.15) is 0 Å². The Labute approximate surface area is 168 Å². The molecule has 2 saturated heterocycles. The van der Waals surface area contributed by atoms with Gasteiger partial charge in [0.25, 0.3) is 0 Å². The van der Waals surface area contributed by atoms with Crippen molar-refractivity contribution in [3.05, 3.63) is 29.3 Å². The number of anilines is 1. The highest BCUT2D eigenvalue weighted by Gasteiger charge is 2.42. The zero-order chi connectivity index (χ0) is 21.1. The van der Waals surface area contributed by atoms with Crippen LogP contribution in [0.5, 0.6) is 0 Å². The molecule has 0 spiro atoms. The maximum atomic E-state index is 13.0. The van der Waals surface area contributed by atoms with Gasteiger partial charge in [0.2, 0.25) is 5.91 Å². The number of carbonyl (C=O) groups excluding carboxylic acids is 1. The maximum absolute atomic E-state index is 13.0. The van der Waals surface area contributed by atoms with E-state index in [1.807, 2.05) is 19.1 Å². The Morgan fingerprint density at radius 3 is 2.28 bits per heavy atom. The molecule has 0 aromatic heterocycles. The molecule has 3 rings (SSSR count). The number of nitriles is 1. The number of hydrogen-bond donors (Lipinski definition) is 2. The fourth-order valence-electron chi connectivity index (χ4n) is 4.15. The summed E-state index contributed by atoms with van der Waals surface area (Å²) in [7, 11) is 0. The number of carbonyl (C=O) groups is 3. The fraction of sp³-hybridized carbons (Fsp3) is 0.500. The normalized spacial score (nSPS) is 22.1. The molecule has 2 fully saturated rings. The van der Waals surface area contributed by atoms with E-state index >= 15 is 0 Å². The van der Waals surface area contributed by atoms with Crippen LogP contribution in [0.1, 0.15) is 17.5 Å². The summed E-state index contributed by atoms with van der Waals surface area (Å²) >= 11 is 0. The molecule has 2 atom stereocenters. The Bertz CT molecular complexity index is 857. The van der Waals surface area contributed by atoms with Gasteiger partial charge in [-0.05, 0) is 37.1 Å². The van der Waals surface area contributed by atoms with Crippen molar-refractivity contribution < 1.29 is 24.6 Å². The number of carboxylic acid groups (broad SMARTS) is 2. The Morgan fingerprint density at radius 1 is 1.03 bits per heavy atom. The molecule has 29 heavy (non-hydrogen) atoms. The van der Waals surface area contributed by atoms with Crippen LogP contribution in [0.25, 0.3) is 0 Å². The molecule has 2 aliphatic rings. The zero-order valence-corrected chi connectivity index (χ0v) is 16.2. The highest BCUT2D eigenvalue weighted by Crippen LogP contribution is 2.28. The third-order valence-electron chi connectivity index (χ3n) is 5.78. The van der Waals surface area contributed by atoms with Crippen molar-refractivity contribution in [1.29, 1.82) is 5.26 Å². The van der Waals surface area contributed by atoms with E-state index in [1.54, 1.807) is 11.0 Å². The minimum atomic E-state index is -1.16. The highest BCUT2D eigenvalue weighted by molar-refractivity contribution is 5.86. The van der Waals surface area contributed by atoms with Crippen LogP contribution in [-0.4, -0.2) is 77.3 Å². The first-order chi connectivity index (χ1) is 13.8. The van der Waals surface area contributed by atoms with Crippen molar-refractivity contribution in [2.24, 2.45) is 11.8 Å². The number of rotatable bonds is 3. The Kier molecular flexibility index (Phi) is 5.92. The molecule has 2 aliphatic heterocycles. The first-order valence-corrected chi connectivity index (χ1v) is 9.57. The highest BCUT2D eigenvalue weighted by atomic mass is 16.4. The summed E-state index contributed by atoms with van der Waals surface area (Å²) in [6.07, 6.45) is -0.939. The molecule has 2 heterocycles. The number of piperazine rings is 1. The van der Waals surface area contributed by atoms with Gasteiger partial charge in [-0.15, -0.1) is 0 Å². The van der Waals surface area contributed by atoms with E-state index in [0.717, 1.165) is 16.2 Å². The summed E-state index contributed by atoms with van der Waals surface area (Å²) in [5.41, 5.74) is 2.62. The fourth-order valence-corrected chi connectivity index (χ4v) is 4.15. The van der Waals surface area contributed by atoms with E-state index in [0.29, 0.717) is 31.7 Å². The van der Waals surface area contributed by atoms with Gasteiger partial charge in [-0.2, -0.15) is 5.26 Å². The van der Waals surface area contributed by atoms with Crippen molar-refractivity contribution in [1.82, 2.24) is 9.80 Å². The van der Waals surface area contributed by atoms with Gasteiger partial charge in [0.05, 0.1) is 23.5 Å². The number of amides is 2. The standard InChI is InChI=1S/C20H24N4O5/c1-13-10-14(11-21)2-3-17(13)22-6-8-23(9-7-22)18(25)15-4-5-24(20(28)29)12-16(15)19(26)27/h2-3,10,15-16H,4-9,12H2,1H3,(H,26,27)(H,28,29)/t15-,16-/m0/s1. The van der Waals surface area contributed by atoms with E-state index < -0.39 is 23.9 Å². The van der Waals surface area contributed by atoms with Crippen LogP contribution in [0.4, 0.5) is 10.5 Å². The first-order valence-electron chi connectivity index (χ1n) is 9.57. The lowest BCUT2D eigenvalue weighted by Gasteiger charge is -2.41. The number of aryl methyl sites for hydroxylation is 1. The Balaban J connectivity index is 1.64. The monoisotopic (exact) mass is 400 g/mol. The SMILES string of the molecule is Cc1cc(C#N)ccc1N1CCN(C(=O)[C@H]2CCN(C(=O)O)C[C@@H]2C(=O)O)CC1. The predicted octanol–water partition coefficient (Wildman–Crippen LogP) is 1.22. The number of aliphatic carboxylic acids is 1. The maximum Gasteiger partial charge on any atom is 0.407 e. The summed E-state index contributed by atoms with van der Waals surface area (Å²) in [6, 6.07) is 7.64. The molecule has 9 heteroatoms.